The Labute approximate surface area is 120 Å². The number of halogens is 3. The Morgan fingerprint density at radius 1 is 0.950 bits per heavy atom. The van der Waals surface area contributed by atoms with E-state index in [-0.39, 0.29) is 6.61 Å². The summed E-state index contributed by atoms with van der Waals surface area (Å²) in [4.78, 5) is 0. The molecule has 0 heterocycles. The van der Waals surface area contributed by atoms with Crippen LogP contribution in [0.3, 0.4) is 0 Å². The lowest BCUT2D eigenvalue weighted by atomic mass is 10.2. The van der Waals surface area contributed by atoms with E-state index in [0.717, 1.165) is 17.7 Å². The van der Waals surface area contributed by atoms with E-state index in [4.69, 9.17) is 21.1 Å². The fourth-order valence-electron chi connectivity index (χ4n) is 1.71. The molecule has 2 rings (SSSR count). The number of methoxy groups -OCH3 is 1. The van der Waals surface area contributed by atoms with Crippen molar-refractivity contribution in [2.24, 2.45) is 0 Å². The van der Waals surface area contributed by atoms with Gasteiger partial charge in [-0.15, -0.1) is 11.6 Å². The van der Waals surface area contributed by atoms with Crippen molar-refractivity contribution < 1.29 is 18.3 Å². The Morgan fingerprint density at radius 2 is 1.70 bits per heavy atom. The van der Waals surface area contributed by atoms with E-state index in [1.807, 2.05) is 6.07 Å². The van der Waals surface area contributed by atoms with Crippen molar-refractivity contribution in [2.75, 3.05) is 7.11 Å². The normalized spacial score (nSPS) is 10.4. The molecule has 0 bridgehead atoms. The van der Waals surface area contributed by atoms with Crippen molar-refractivity contribution in [3.8, 4) is 11.5 Å². The maximum absolute atomic E-state index is 13.1. The molecule has 2 aromatic rings. The van der Waals surface area contributed by atoms with Crippen molar-refractivity contribution in [3.05, 3.63) is 59.2 Å². The summed E-state index contributed by atoms with van der Waals surface area (Å²) >= 11 is 5.76. The molecule has 0 saturated heterocycles. The Balaban J connectivity index is 2.15. The fraction of sp³-hybridized carbons (Fsp3) is 0.200. The van der Waals surface area contributed by atoms with Crippen molar-refractivity contribution in [3.63, 3.8) is 0 Å². The molecule has 0 unspecified atom stereocenters. The largest absolute Gasteiger partial charge is 0.493 e. The molecule has 2 aromatic carbocycles. The van der Waals surface area contributed by atoms with Crippen LogP contribution >= 0.6 is 11.6 Å². The first kappa shape index (κ1) is 14.6. The van der Waals surface area contributed by atoms with Gasteiger partial charge >= 0.3 is 0 Å². The summed E-state index contributed by atoms with van der Waals surface area (Å²) in [6.45, 7) is 0.110. The highest BCUT2D eigenvalue weighted by atomic mass is 35.5. The predicted molar refractivity (Wildman–Crippen MR) is 73.2 cm³/mol. The number of benzene rings is 2. The quantitative estimate of drug-likeness (QED) is 0.767. The summed E-state index contributed by atoms with van der Waals surface area (Å²) in [6, 6.07) is 8.98. The van der Waals surface area contributed by atoms with Crippen molar-refractivity contribution >= 4 is 11.6 Å². The molecule has 0 fully saturated rings. The van der Waals surface area contributed by atoms with Crippen LogP contribution in [0.1, 0.15) is 11.1 Å². The minimum absolute atomic E-state index is 0.110. The highest BCUT2D eigenvalue weighted by molar-refractivity contribution is 6.17. The van der Waals surface area contributed by atoms with E-state index in [1.54, 1.807) is 12.1 Å². The topological polar surface area (TPSA) is 18.5 Å². The van der Waals surface area contributed by atoms with Crippen LogP contribution in [0.25, 0.3) is 0 Å². The Hall–Kier alpha value is -1.81. The summed E-state index contributed by atoms with van der Waals surface area (Å²) in [6.07, 6.45) is 0. The zero-order chi connectivity index (χ0) is 14.5. The molecule has 0 amide bonds. The van der Waals surface area contributed by atoms with Gasteiger partial charge in [0.2, 0.25) is 0 Å². The van der Waals surface area contributed by atoms with Gasteiger partial charge in [-0.1, -0.05) is 12.1 Å². The van der Waals surface area contributed by atoms with Gasteiger partial charge in [-0.25, -0.2) is 8.78 Å². The van der Waals surface area contributed by atoms with E-state index >= 15 is 0 Å². The lowest BCUT2D eigenvalue weighted by molar-refractivity contribution is 0.283. The first-order valence-electron chi connectivity index (χ1n) is 5.93. The van der Waals surface area contributed by atoms with Gasteiger partial charge in [-0.2, -0.15) is 0 Å². The highest BCUT2D eigenvalue weighted by Gasteiger charge is 2.07. The molecule has 0 aromatic heterocycles. The first-order valence-corrected chi connectivity index (χ1v) is 6.47. The lowest BCUT2D eigenvalue weighted by Crippen LogP contribution is -1.99. The Kier molecular flexibility index (Phi) is 4.79. The second-order valence-electron chi connectivity index (χ2n) is 4.16. The van der Waals surface area contributed by atoms with E-state index < -0.39 is 11.6 Å². The monoisotopic (exact) mass is 298 g/mol. The molecule has 0 N–H and O–H groups in total. The van der Waals surface area contributed by atoms with Gasteiger partial charge in [0.1, 0.15) is 6.61 Å². The first-order chi connectivity index (χ1) is 9.63. The summed E-state index contributed by atoms with van der Waals surface area (Å²) in [7, 11) is 1.53. The number of hydrogen-bond donors (Lipinski definition) is 0. The molecule has 0 radical (unpaired) electrons. The van der Waals surface area contributed by atoms with Crippen LogP contribution in [0, 0.1) is 11.6 Å². The average molecular weight is 299 g/mol. The van der Waals surface area contributed by atoms with Crippen molar-refractivity contribution in [1.29, 1.82) is 0 Å². The molecule has 0 atom stereocenters. The minimum Gasteiger partial charge on any atom is -0.493 e. The molecule has 0 aliphatic carbocycles. The van der Waals surface area contributed by atoms with Gasteiger partial charge in [-0.05, 0) is 35.4 Å². The summed E-state index contributed by atoms with van der Waals surface area (Å²) in [5, 5.41) is 0. The molecule has 106 valence electrons. The maximum atomic E-state index is 13.1. The number of alkyl halides is 1. The van der Waals surface area contributed by atoms with Crippen molar-refractivity contribution in [2.45, 2.75) is 12.5 Å². The molecule has 20 heavy (non-hydrogen) atoms. The second kappa shape index (κ2) is 6.57. The summed E-state index contributed by atoms with van der Waals surface area (Å²) in [5.74, 6) is -0.356. The van der Waals surface area contributed by atoms with E-state index in [0.29, 0.717) is 22.9 Å². The number of ether oxygens (including phenoxy) is 2. The number of rotatable bonds is 5. The van der Waals surface area contributed by atoms with Gasteiger partial charge in [-0.3, -0.25) is 0 Å². The third-order valence-corrected chi connectivity index (χ3v) is 3.07. The van der Waals surface area contributed by atoms with Gasteiger partial charge < -0.3 is 9.47 Å². The van der Waals surface area contributed by atoms with Gasteiger partial charge in [0.05, 0.1) is 7.11 Å². The molecule has 0 aliphatic heterocycles. The van der Waals surface area contributed by atoms with E-state index in [1.165, 1.54) is 13.2 Å². The molecule has 0 saturated carbocycles. The van der Waals surface area contributed by atoms with Crippen LogP contribution in [-0.2, 0) is 12.5 Å². The molecule has 2 nitrogen and oxygen atoms in total. The molecule has 0 aliphatic rings. The molecular weight excluding hydrogens is 286 g/mol. The van der Waals surface area contributed by atoms with Crippen LogP contribution in [0.2, 0.25) is 0 Å². The number of hydrogen-bond acceptors (Lipinski definition) is 2. The lowest BCUT2D eigenvalue weighted by Gasteiger charge is -2.12. The van der Waals surface area contributed by atoms with Crippen LogP contribution in [0.15, 0.2) is 36.4 Å². The Bertz CT molecular complexity index is 602. The van der Waals surface area contributed by atoms with Crippen LogP contribution in [0.4, 0.5) is 8.78 Å². The molecule has 5 heteroatoms. The molecular formula is C15H13ClF2O2. The van der Waals surface area contributed by atoms with Crippen molar-refractivity contribution in [1.82, 2.24) is 0 Å². The van der Waals surface area contributed by atoms with Gasteiger partial charge in [0.15, 0.2) is 23.1 Å². The Morgan fingerprint density at radius 3 is 2.35 bits per heavy atom. The average Bonchev–Trinajstić information content (AvgIpc) is 2.48. The van der Waals surface area contributed by atoms with E-state index in [2.05, 4.69) is 0 Å². The third kappa shape index (κ3) is 3.39. The SMILES string of the molecule is COc1ccc(CCl)cc1OCc1ccc(F)c(F)c1. The second-order valence-corrected chi connectivity index (χ2v) is 4.42. The smallest absolute Gasteiger partial charge is 0.161 e. The third-order valence-electron chi connectivity index (χ3n) is 2.76. The predicted octanol–water partition coefficient (Wildman–Crippen LogP) is 4.29. The summed E-state index contributed by atoms with van der Waals surface area (Å²) < 4.78 is 36.7. The fourth-order valence-corrected chi connectivity index (χ4v) is 1.87. The van der Waals surface area contributed by atoms with Gasteiger partial charge in [0.25, 0.3) is 0 Å². The van der Waals surface area contributed by atoms with Crippen LogP contribution < -0.4 is 9.47 Å². The zero-order valence-electron chi connectivity index (χ0n) is 10.8. The zero-order valence-corrected chi connectivity index (χ0v) is 11.6. The van der Waals surface area contributed by atoms with Crippen LogP contribution in [-0.4, -0.2) is 7.11 Å². The van der Waals surface area contributed by atoms with Crippen LogP contribution in [0.5, 0.6) is 11.5 Å². The highest BCUT2D eigenvalue weighted by Crippen LogP contribution is 2.29. The molecule has 0 spiro atoms. The summed E-state index contributed by atoms with van der Waals surface area (Å²) in [5.41, 5.74) is 1.41. The minimum atomic E-state index is -0.896. The maximum Gasteiger partial charge on any atom is 0.161 e. The van der Waals surface area contributed by atoms with Gasteiger partial charge in [0, 0.05) is 5.88 Å². The standard InChI is InChI=1S/C15H13ClF2O2/c1-19-14-5-3-10(8-16)7-15(14)20-9-11-2-4-12(17)13(18)6-11/h2-7H,8-9H2,1H3. The van der Waals surface area contributed by atoms with E-state index in [9.17, 15) is 8.78 Å².